The van der Waals surface area contributed by atoms with E-state index >= 15 is 0 Å². The third-order valence-electron chi connectivity index (χ3n) is 3.51. The minimum atomic E-state index is 0.599. The first kappa shape index (κ1) is 15.3. The van der Waals surface area contributed by atoms with Crippen molar-refractivity contribution in [1.29, 1.82) is 0 Å². The lowest BCUT2D eigenvalue weighted by Crippen LogP contribution is -2.23. The zero-order valence-electron chi connectivity index (χ0n) is 12.6. The Morgan fingerprint density at radius 3 is 2.95 bits per heavy atom. The smallest absolute Gasteiger partial charge is 0.217 e. The molecule has 0 amide bonds. The van der Waals surface area contributed by atoms with Crippen molar-refractivity contribution in [2.24, 2.45) is 11.8 Å². The maximum atomic E-state index is 5.93. The Morgan fingerprint density at radius 2 is 2.20 bits per heavy atom. The summed E-state index contributed by atoms with van der Waals surface area (Å²) in [5.41, 5.74) is 1.14. The molecule has 0 aliphatic carbocycles. The average molecular weight is 278 g/mol. The van der Waals surface area contributed by atoms with Crippen molar-refractivity contribution in [2.75, 3.05) is 26.4 Å². The van der Waals surface area contributed by atoms with Gasteiger partial charge < -0.3 is 14.8 Å². The zero-order chi connectivity index (χ0) is 14.2. The van der Waals surface area contributed by atoms with E-state index in [0.717, 1.165) is 57.2 Å². The minimum absolute atomic E-state index is 0.599. The summed E-state index contributed by atoms with van der Waals surface area (Å²) in [6, 6.07) is 4.05. The summed E-state index contributed by atoms with van der Waals surface area (Å²) in [5, 5.41) is 3.44. The fourth-order valence-electron chi connectivity index (χ4n) is 2.29. The van der Waals surface area contributed by atoms with Crippen molar-refractivity contribution >= 4 is 0 Å². The number of pyridine rings is 1. The largest absolute Gasteiger partial charge is 0.477 e. The summed E-state index contributed by atoms with van der Waals surface area (Å²) in [6.07, 6.45) is 3.98. The van der Waals surface area contributed by atoms with Gasteiger partial charge in [-0.25, -0.2) is 4.98 Å². The number of nitrogens with one attached hydrogen (secondary N) is 1. The number of nitrogens with zero attached hydrogens (tertiary/aromatic N) is 1. The van der Waals surface area contributed by atoms with Crippen LogP contribution in [-0.4, -0.2) is 31.3 Å². The Morgan fingerprint density at radius 1 is 1.40 bits per heavy atom. The van der Waals surface area contributed by atoms with Crippen LogP contribution in [-0.2, 0) is 11.3 Å². The monoisotopic (exact) mass is 278 g/mol. The summed E-state index contributed by atoms with van der Waals surface area (Å²) >= 11 is 0. The zero-order valence-corrected chi connectivity index (χ0v) is 12.6. The lowest BCUT2D eigenvalue weighted by Gasteiger charge is -2.22. The van der Waals surface area contributed by atoms with Crippen LogP contribution in [0.1, 0.15) is 32.3 Å². The molecule has 0 atom stereocenters. The Labute approximate surface area is 121 Å². The molecular weight excluding hydrogens is 252 g/mol. The fourth-order valence-corrected chi connectivity index (χ4v) is 2.29. The first-order valence-corrected chi connectivity index (χ1v) is 7.61. The van der Waals surface area contributed by atoms with Gasteiger partial charge in [-0.1, -0.05) is 19.9 Å². The van der Waals surface area contributed by atoms with Crippen LogP contribution in [0.15, 0.2) is 18.3 Å². The van der Waals surface area contributed by atoms with E-state index in [1.54, 1.807) is 6.20 Å². The molecule has 2 rings (SSSR count). The first-order chi connectivity index (χ1) is 9.75. The van der Waals surface area contributed by atoms with Gasteiger partial charge in [-0.3, -0.25) is 0 Å². The molecule has 0 radical (unpaired) electrons. The Balaban J connectivity index is 1.83. The normalized spacial score (nSPS) is 16.6. The third-order valence-corrected chi connectivity index (χ3v) is 3.51. The topological polar surface area (TPSA) is 43.4 Å². The highest BCUT2D eigenvalue weighted by Gasteiger charge is 2.15. The number of hydrogen-bond donors (Lipinski definition) is 1. The average Bonchev–Trinajstić information content (AvgIpc) is 2.47. The van der Waals surface area contributed by atoms with Gasteiger partial charge in [-0.15, -0.1) is 0 Å². The van der Waals surface area contributed by atoms with Crippen LogP contribution >= 0.6 is 0 Å². The summed E-state index contributed by atoms with van der Waals surface area (Å²) in [7, 11) is 0. The molecule has 1 N–H and O–H groups in total. The van der Waals surface area contributed by atoms with E-state index in [1.807, 2.05) is 6.07 Å². The van der Waals surface area contributed by atoms with Gasteiger partial charge in [0, 0.05) is 31.5 Å². The first-order valence-electron chi connectivity index (χ1n) is 7.61. The Kier molecular flexibility index (Phi) is 6.27. The molecule has 1 saturated heterocycles. The van der Waals surface area contributed by atoms with Gasteiger partial charge in [0.1, 0.15) is 0 Å². The molecule has 0 spiro atoms. The predicted octanol–water partition coefficient (Wildman–Crippen LogP) is 2.63. The molecule has 20 heavy (non-hydrogen) atoms. The second kappa shape index (κ2) is 8.22. The molecule has 112 valence electrons. The number of ether oxygens (including phenoxy) is 2. The molecule has 1 aliphatic heterocycles. The van der Waals surface area contributed by atoms with Crippen molar-refractivity contribution in [3.8, 4) is 5.88 Å². The van der Waals surface area contributed by atoms with Gasteiger partial charge in [-0.2, -0.15) is 0 Å². The number of rotatable bonds is 7. The van der Waals surface area contributed by atoms with Crippen molar-refractivity contribution in [2.45, 2.75) is 33.2 Å². The van der Waals surface area contributed by atoms with Gasteiger partial charge in [0.25, 0.3) is 0 Å². The van der Waals surface area contributed by atoms with Gasteiger partial charge in [0.05, 0.1) is 6.61 Å². The summed E-state index contributed by atoms with van der Waals surface area (Å²) in [4.78, 5) is 4.37. The van der Waals surface area contributed by atoms with Crippen LogP contribution in [0, 0.1) is 11.8 Å². The molecule has 1 fully saturated rings. The van der Waals surface area contributed by atoms with E-state index in [4.69, 9.17) is 9.47 Å². The van der Waals surface area contributed by atoms with Gasteiger partial charge in [-0.05, 0) is 37.3 Å². The fraction of sp³-hybridized carbons (Fsp3) is 0.688. The van der Waals surface area contributed by atoms with E-state index in [9.17, 15) is 0 Å². The molecule has 0 saturated carbocycles. The maximum absolute atomic E-state index is 5.93. The lowest BCUT2D eigenvalue weighted by atomic mass is 10.0. The summed E-state index contributed by atoms with van der Waals surface area (Å²) < 4.78 is 11.3. The molecule has 4 nitrogen and oxygen atoms in total. The van der Waals surface area contributed by atoms with Crippen LogP contribution in [0.25, 0.3) is 0 Å². The molecule has 0 aromatic carbocycles. The number of hydrogen-bond acceptors (Lipinski definition) is 4. The quantitative estimate of drug-likeness (QED) is 0.832. The minimum Gasteiger partial charge on any atom is -0.477 e. The van der Waals surface area contributed by atoms with Crippen LogP contribution in [0.5, 0.6) is 5.88 Å². The van der Waals surface area contributed by atoms with Gasteiger partial charge in [0.15, 0.2) is 0 Å². The molecule has 4 heteroatoms. The van der Waals surface area contributed by atoms with Crippen molar-refractivity contribution in [3.05, 3.63) is 23.9 Å². The standard InChI is InChI=1S/C16H26N2O2/c1-13(2)10-17-11-15-4-3-7-18-16(15)20-12-14-5-8-19-9-6-14/h3-4,7,13-14,17H,5-6,8-12H2,1-2H3. The highest BCUT2D eigenvalue weighted by molar-refractivity contribution is 5.25. The van der Waals surface area contributed by atoms with Crippen molar-refractivity contribution < 1.29 is 9.47 Å². The van der Waals surface area contributed by atoms with Crippen LogP contribution in [0.2, 0.25) is 0 Å². The highest BCUT2D eigenvalue weighted by Crippen LogP contribution is 2.19. The summed E-state index contributed by atoms with van der Waals surface area (Å²) in [5.74, 6) is 2.02. The second-order valence-corrected chi connectivity index (χ2v) is 5.86. The SMILES string of the molecule is CC(C)CNCc1cccnc1OCC1CCOCC1. The van der Waals surface area contributed by atoms with Crippen molar-refractivity contribution in [1.82, 2.24) is 10.3 Å². The predicted molar refractivity (Wildman–Crippen MR) is 79.8 cm³/mol. The molecule has 0 unspecified atom stereocenters. The van der Waals surface area contributed by atoms with Crippen molar-refractivity contribution in [3.63, 3.8) is 0 Å². The molecule has 2 heterocycles. The van der Waals surface area contributed by atoms with Crippen LogP contribution in [0.4, 0.5) is 0 Å². The Hall–Kier alpha value is -1.13. The second-order valence-electron chi connectivity index (χ2n) is 5.86. The van der Waals surface area contributed by atoms with Gasteiger partial charge >= 0.3 is 0 Å². The van der Waals surface area contributed by atoms with E-state index in [-0.39, 0.29) is 0 Å². The molecule has 0 bridgehead atoms. The van der Waals surface area contributed by atoms with E-state index in [0.29, 0.717) is 11.8 Å². The molecule has 1 aromatic heterocycles. The number of aromatic nitrogens is 1. The molecular formula is C16H26N2O2. The highest BCUT2D eigenvalue weighted by atomic mass is 16.5. The van der Waals surface area contributed by atoms with Crippen LogP contribution in [0.3, 0.4) is 0 Å². The van der Waals surface area contributed by atoms with Gasteiger partial charge in [0.2, 0.25) is 5.88 Å². The van der Waals surface area contributed by atoms with Crippen LogP contribution < -0.4 is 10.1 Å². The molecule has 1 aliphatic rings. The summed E-state index contributed by atoms with van der Waals surface area (Å²) in [6.45, 7) is 8.71. The Bertz CT molecular complexity index is 390. The molecule has 1 aromatic rings. The van der Waals surface area contributed by atoms with E-state index in [2.05, 4.69) is 30.2 Å². The third kappa shape index (κ3) is 5.10. The van der Waals surface area contributed by atoms with E-state index in [1.165, 1.54) is 0 Å². The maximum Gasteiger partial charge on any atom is 0.217 e. The van der Waals surface area contributed by atoms with E-state index < -0.39 is 0 Å². The lowest BCUT2D eigenvalue weighted by molar-refractivity contribution is 0.0488.